The van der Waals surface area contributed by atoms with Gasteiger partial charge in [0.1, 0.15) is 0 Å². The molecule has 0 bridgehead atoms. The Morgan fingerprint density at radius 2 is 1.67 bits per heavy atom. The van der Waals surface area contributed by atoms with Gasteiger partial charge >= 0.3 is 0 Å². The predicted molar refractivity (Wildman–Crippen MR) is 52.3 cm³/mol. The van der Waals surface area contributed by atoms with Gasteiger partial charge in [0.05, 0.1) is 4.90 Å². The molecule has 1 rings (SSSR count). The zero-order chi connectivity index (χ0) is 9.35. The summed E-state index contributed by atoms with van der Waals surface area (Å²) in [6.07, 6.45) is 0. The van der Waals surface area contributed by atoms with E-state index in [4.69, 9.17) is 4.55 Å². The van der Waals surface area contributed by atoms with Crippen LogP contribution >= 0.6 is 0 Å². The Morgan fingerprint density at radius 3 is 2.00 bits per heavy atom. The van der Waals surface area contributed by atoms with Gasteiger partial charge in [-0.15, -0.1) is 0 Å². The molecule has 66 valence electrons. The van der Waals surface area contributed by atoms with E-state index in [1.165, 1.54) is 0 Å². The Morgan fingerprint density at radius 1 is 1.25 bits per heavy atom. The van der Waals surface area contributed by atoms with Gasteiger partial charge in [-0.3, -0.25) is 0 Å². The van der Waals surface area contributed by atoms with E-state index in [9.17, 15) is 4.21 Å². The largest absolute Gasteiger partial charge is 0.302 e. The van der Waals surface area contributed by atoms with Crippen molar-refractivity contribution < 1.29 is 8.76 Å². The second-order valence-electron chi connectivity index (χ2n) is 2.80. The number of benzene rings is 1. The van der Waals surface area contributed by atoms with E-state index < -0.39 is 8.77 Å². The molecule has 0 aliphatic heterocycles. The van der Waals surface area contributed by atoms with Gasteiger partial charge in [0.25, 0.3) is 0 Å². The first-order valence-corrected chi connectivity index (χ1v) is 5.89. The molecule has 0 heterocycles. The fraction of sp³-hybridized carbons (Fsp3) is 0.250. The van der Waals surface area contributed by atoms with Crippen LogP contribution in [0.5, 0.6) is 0 Å². The lowest BCUT2D eigenvalue weighted by molar-refractivity contribution is 0.561. The van der Waals surface area contributed by atoms with Gasteiger partial charge in [0.2, 0.25) is 0 Å². The average molecular weight is 202 g/mol. The van der Waals surface area contributed by atoms with Crippen LogP contribution in [0.4, 0.5) is 0 Å². The lowest BCUT2D eigenvalue weighted by atomic mass is 10.2. The van der Waals surface area contributed by atoms with E-state index in [0.717, 1.165) is 11.1 Å². The maximum absolute atomic E-state index is 11.1. The van der Waals surface area contributed by atoms with Gasteiger partial charge < -0.3 is 4.55 Å². The molecule has 0 amide bonds. The highest BCUT2D eigenvalue weighted by Crippen LogP contribution is 2.13. The van der Waals surface area contributed by atoms with Gasteiger partial charge in [0, 0.05) is 11.2 Å². The first-order chi connectivity index (χ1) is 5.39. The van der Waals surface area contributed by atoms with Crippen LogP contribution in [0, 0.1) is 13.8 Å². The van der Waals surface area contributed by atoms with E-state index in [1.54, 1.807) is 12.1 Å². The first kappa shape index (κ1) is 9.64. The maximum atomic E-state index is 11.1. The topological polar surface area (TPSA) is 37.3 Å². The van der Waals surface area contributed by atoms with Gasteiger partial charge in [-0.05, 0) is 37.1 Å². The molecule has 12 heavy (non-hydrogen) atoms. The average Bonchev–Trinajstić information content (AvgIpc) is 1.82. The molecular formula is C8H10O2S2. The summed E-state index contributed by atoms with van der Waals surface area (Å²) in [5, 5.41) is 0. The van der Waals surface area contributed by atoms with E-state index in [0.29, 0.717) is 4.90 Å². The van der Waals surface area contributed by atoms with E-state index in [2.05, 4.69) is 11.2 Å². The summed E-state index contributed by atoms with van der Waals surface area (Å²) in [5.41, 5.74) is 1.91. The molecule has 1 aromatic carbocycles. The summed E-state index contributed by atoms with van der Waals surface area (Å²) in [4.78, 5) is 0.329. The quantitative estimate of drug-likeness (QED) is 0.755. The van der Waals surface area contributed by atoms with Gasteiger partial charge in [0.15, 0.2) is 8.77 Å². The molecule has 0 aliphatic rings. The molecule has 0 spiro atoms. The summed E-state index contributed by atoms with van der Waals surface area (Å²) in [6, 6.07) is 5.22. The minimum Gasteiger partial charge on any atom is -0.302 e. The van der Waals surface area contributed by atoms with Gasteiger partial charge in [-0.1, -0.05) is 6.07 Å². The highest BCUT2D eigenvalue weighted by molar-refractivity contribution is 8.29. The molecule has 1 N–H and O–H groups in total. The molecule has 0 aromatic heterocycles. The zero-order valence-corrected chi connectivity index (χ0v) is 8.54. The molecule has 0 aliphatic carbocycles. The molecule has 0 saturated heterocycles. The lowest BCUT2D eigenvalue weighted by Crippen LogP contribution is -1.97. The Balaban J connectivity index is 3.37. The molecule has 2 nitrogen and oxygen atoms in total. The van der Waals surface area contributed by atoms with Gasteiger partial charge in [-0.25, -0.2) is 4.21 Å². The van der Waals surface area contributed by atoms with Crippen LogP contribution < -0.4 is 0 Å². The summed E-state index contributed by atoms with van der Waals surface area (Å²) in [7, 11) is -3.21. The second-order valence-corrected chi connectivity index (χ2v) is 5.58. The summed E-state index contributed by atoms with van der Waals surface area (Å²) in [6.45, 7) is 3.74. The predicted octanol–water partition coefficient (Wildman–Crippen LogP) is 1.88. The van der Waals surface area contributed by atoms with Crippen molar-refractivity contribution >= 4 is 20.0 Å². The fourth-order valence-corrected chi connectivity index (χ4v) is 2.04. The molecule has 0 radical (unpaired) electrons. The minimum absolute atomic E-state index is 0.329. The van der Waals surface area contributed by atoms with Crippen LogP contribution in [-0.4, -0.2) is 8.76 Å². The third kappa shape index (κ3) is 2.27. The monoisotopic (exact) mass is 202 g/mol. The normalized spacial score (nSPS) is 15.6. The van der Waals surface area contributed by atoms with E-state index in [-0.39, 0.29) is 0 Å². The zero-order valence-electron chi connectivity index (χ0n) is 6.90. The molecule has 0 saturated carbocycles. The minimum atomic E-state index is -3.21. The van der Waals surface area contributed by atoms with Crippen molar-refractivity contribution in [3.05, 3.63) is 29.3 Å². The fourth-order valence-electron chi connectivity index (χ4n) is 1.08. The third-order valence-corrected chi connectivity index (χ3v) is 2.90. The highest BCUT2D eigenvalue weighted by atomic mass is 32.8. The lowest BCUT2D eigenvalue weighted by Gasteiger charge is -2.02. The summed E-state index contributed by atoms with van der Waals surface area (Å²) < 4.78 is 20.1. The molecule has 1 aromatic rings. The molecule has 1 atom stereocenters. The van der Waals surface area contributed by atoms with Crippen LogP contribution in [0.15, 0.2) is 23.1 Å². The van der Waals surface area contributed by atoms with Crippen molar-refractivity contribution in [2.45, 2.75) is 18.7 Å². The van der Waals surface area contributed by atoms with Gasteiger partial charge in [-0.2, -0.15) is 0 Å². The Labute approximate surface area is 77.1 Å². The Kier molecular flexibility index (Phi) is 2.51. The second kappa shape index (κ2) is 3.12. The molecule has 4 heteroatoms. The van der Waals surface area contributed by atoms with Crippen LogP contribution in [0.2, 0.25) is 0 Å². The Bertz CT molecular complexity index is 373. The van der Waals surface area contributed by atoms with Crippen molar-refractivity contribution in [2.75, 3.05) is 0 Å². The van der Waals surface area contributed by atoms with E-state index >= 15 is 0 Å². The van der Waals surface area contributed by atoms with E-state index in [1.807, 2.05) is 19.9 Å². The summed E-state index contributed by atoms with van der Waals surface area (Å²) >= 11 is 4.45. The van der Waals surface area contributed by atoms with Crippen molar-refractivity contribution in [3.8, 4) is 0 Å². The summed E-state index contributed by atoms with van der Waals surface area (Å²) in [5.74, 6) is 0. The number of rotatable bonds is 1. The van der Waals surface area contributed by atoms with Crippen LogP contribution in [-0.2, 0) is 20.0 Å². The number of hydrogen-bond donors (Lipinski definition) is 1. The van der Waals surface area contributed by atoms with Crippen molar-refractivity contribution in [1.29, 1.82) is 0 Å². The van der Waals surface area contributed by atoms with Crippen molar-refractivity contribution in [1.82, 2.24) is 0 Å². The number of hydrogen-bond acceptors (Lipinski definition) is 2. The van der Waals surface area contributed by atoms with Crippen molar-refractivity contribution in [3.63, 3.8) is 0 Å². The van der Waals surface area contributed by atoms with Crippen LogP contribution in [0.25, 0.3) is 0 Å². The Hall–Kier alpha value is -0.450. The van der Waals surface area contributed by atoms with Crippen molar-refractivity contribution in [2.24, 2.45) is 0 Å². The molecule has 0 fully saturated rings. The first-order valence-electron chi connectivity index (χ1n) is 3.45. The van der Waals surface area contributed by atoms with Crippen LogP contribution in [0.3, 0.4) is 0 Å². The highest BCUT2D eigenvalue weighted by Gasteiger charge is 2.05. The maximum Gasteiger partial charge on any atom is 0.171 e. The molecule has 1 unspecified atom stereocenters. The third-order valence-electron chi connectivity index (χ3n) is 1.49. The number of aryl methyl sites for hydroxylation is 2. The van der Waals surface area contributed by atoms with Crippen LogP contribution in [0.1, 0.15) is 11.1 Å². The molecular weight excluding hydrogens is 192 g/mol. The SMILES string of the molecule is Cc1cc(C)cc(S(=O)(O)=S)c1. The smallest absolute Gasteiger partial charge is 0.171 e. The standard InChI is InChI=1S/C8H10O2S2/c1-6-3-7(2)5-8(4-6)12(9,10)11/h3-5H,1-2H3,(H,9,10,11).